The highest BCUT2D eigenvalue weighted by Crippen LogP contribution is 2.20. The van der Waals surface area contributed by atoms with Gasteiger partial charge in [-0.05, 0) is 25.7 Å². The summed E-state index contributed by atoms with van der Waals surface area (Å²) < 4.78 is 18.3. The Kier molecular flexibility index (Phi) is 13.7. The Hall–Kier alpha value is -0.163. The Labute approximate surface area is 127 Å². The Bertz CT molecular complexity index is 195. The molecule has 0 rings (SSSR count). The van der Waals surface area contributed by atoms with Gasteiger partial charge in [0.1, 0.15) is 0 Å². The zero-order chi connectivity index (χ0) is 15.1. The first-order valence-corrected chi connectivity index (χ1v) is 10.2. The molecule has 0 saturated carbocycles. The van der Waals surface area contributed by atoms with Crippen LogP contribution < -0.4 is 0 Å². The van der Waals surface area contributed by atoms with Crippen LogP contribution in [0.25, 0.3) is 0 Å². The second kappa shape index (κ2) is 13.8. The van der Waals surface area contributed by atoms with Crippen molar-refractivity contribution in [3.63, 3.8) is 0 Å². The topological polar surface area (TPSA) is 27.7 Å². The van der Waals surface area contributed by atoms with E-state index in [0.29, 0.717) is 0 Å². The van der Waals surface area contributed by atoms with Crippen LogP contribution in [-0.2, 0) is 13.3 Å². The standard InChI is InChI=1S/C16H34O3Si/c1-5-9-13-17-20(16-12-8-4,18-14-10-6-2)19-15-11-7-3/h8H,4-7,9-16H2,1-3H3. The molecule has 0 fully saturated rings. The number of hydrogen-bond donors (Lipinski definition) is 0. The van der Waals surface area contributed by atoms with E-state index in [1.54, 1.807) is 0 Å². The lowest BCUT2D eigenvalue weighted by Gasteiger charge is -2.29. The van der Waals surface area contributed by atoms with Crippen LogP contribution in [0.2, 0.25) is 6.04 Å². The predicted molar refractivity (Wildman–Crippen MR) is 88.0 cm³/mol. The molecule has 20 heavy (non-hydrogen) atoms. The third-order valence-electron chi connectivity index (χ3n) is 3.11. The van der Waals surface area contributed by atoms with E-state index in [-0.39, 0.29) is 0 Å². The minimum absolute atomic E-state index is 0.748. The van der Waals surface area contributed by atoms with Crippen molar-refractivity contribution < 1.29 is 13.3 Å². The predicted octanol–water partition coefficient (Wildman–Crippen LogP) is 4.95. The van der Waals surface area contributed by atoms with Crippen molar-refractivity contribution >= 4 is 8.80 Å². The first kappa shape index (κ1) is 19.8. The smallest absolute Gasteiger partial charge is 0.373 e. The highest BCUT2D eigenvalue weighted by atomic mass is 28.4. The van der Waals surface area contributed by atoms with Crippen molar-refractivity contribution in [1.29, 1.82) is 0 Å². The lowest BCUT2D eigenvalue weighted by Crippen LogP contribution is -2.46. The SMILES string of the molecule is C=CCC[Si](OCCCC)(OCCCC)OCCCC. The second-order valence-corrected chi connectivity index (χ2v) is 7.85. The zero-order valence-corrected chi connectivity index (χ0v) is 14.8. The Morgan fingerprint density at radius 3 is 1.50 bits per heavy atom. The van der Waals surface area contributed by atoms with Gasteiger partial charge in [-0.1, -0.05) is 46.1 Å². The molecule has 0 aliphatic heterocycles. The van der Waals surface area contributed by atoms with Gasteiger partial charge in [0.15, 0.2) is 0 Å². The third kappa shape index (κ3) is 9.70. The van der Waals surface area contributed by atoms with Gasteiger partial charge in [0.2, 0.25) is 0 Å². The molecule has 0 unspecified atom stereocenters. The van der Waals surface area contributed by atoms with Crippen LogP contribution in [0.5, 0.6) is 0 Å². The summed E-state index contributed by atoms with van der Waals surface area (Å²) >= 11 is 0. The van der Waals surface area contributed by atoms with Crippen LogP contribution in [0, 0.1) is 0 Å². The Morgan fingerprint density at radius 2 is 1.20 bits per heavy atom. The summed E-state index contributed by atoms with van der Waals surface area (Å²) in [4.78, 5) is 0. The van der Waals surface area contributed by atoms with Gasteiger partial charge in [-0.15, -0.1) is 6.58 Å². The first-order valence-electron chi connectivity index (χ1n) is 8.27. The summed E-state index contributed by atoms with van der Waals surface area (Å²) in [6.45, 7) is 12.6. The van der Waals surface area contributed by atoms with Gasteiger partial charge in [-0.2, -0.15) is 0 Å². The molecule has 4 heteroatoms. The van der Waals surface area contributed by atoms with Gasteiger partial charge in [0, 0.05) is 25.9 Å². The average molecular weight is 303 g/mol. The minimum Gasteiger partial charge on any atom is -0.373 e. The van der Waals surface area contributed by atoms with Gasteiger partial charge < -0.3 is 13.3 Å². The molecule has 0 aliphatic rings. The van der Waals surface area contributed by atoms with Crippen molar-refractivity contribution in [2.45, 2.75) is 71.8 Å². The molecule has 0 spiro atoms. The zero-order valence-electron chi connectivity index (χ0n) is 13.8. The van der Waals surface area contributed by atoms with Gasteiger partial charge in [-0.3, -0.25) is 0 Å². The van der Waals surface area contributed by atoms with Crippen LogP contribution >= 0.6 is 0 Å². The molecule has 0 aliphatic carbocycles. The second-order valence-electron chi connectivity index (χ2n) is 5.12. The summed E-state index contributed by atoms with van der Waals surface area (Å²) in [6, 6.07) is 0.855. The fraction of sp³-hybridized carbons (Fsp3) is 0.875. The van der Waals surface area contributed by atoms with E-state index < -0.39 is 8.80 Å². The molecule has 120 valence electrons. The third-order valence-corrected chi connectivity index (χ3v) is 5.95. The van der Waals surface area contributed by atoms with Crippen LogP contribution in [0.3, 0.4) is 0 Å². The van der Waals surface area contributed by atoms with Gasteiger partial charge >= 0.3 is 8.80 Å². The van der Waals surface area contributed by atoms with Crippen LogP contribution in [0.15, 0.2) is 12.7 Å². The van der Waals surface area contributed by atoms with E-state index in [1.165, 1.54) is 0 Å². The lowest BCUT2D eigenvalue weighted by atomic mass is 10.4. The van der Waals surface area contributed by atoms with Gasteiger partial charge in [0.05, 0.1) is 0 Å². The van der Waals surface area contributed by atoms with Crippen molar-refractivity contribution in [2.24, 2.45) is 0 Å². The molecule has 0 N–H and O–H groups in total. The summed E-state index contributed by atoms with van der Waals surface area (Å²) in [5.74, 6) is 0. The Morgan fingerprint density at radius 1 is 0.800 bits per heavy atom. The number of hydrogen-bond acceptors (Lipinski definition) is 3. The van der Waals surface area contributed by atoms with Gasteiger partial charge in [0.25, 0.3) is 0 Å². The highest BCUT2D eigenvalue weighted by Gasteiger charge is 2.40. The van der Waals surface area contributed by atoms with E-state index in [1.807, 2.05) is 6.08 Å². The molecule has 0 radical (unpaired) electrons. The molecule has 0 aromatic rings. The average Bonchev–Trinajstić information content (AvgIpc) is 2.46. The number of rotatable bonds is 15. The summed E-state index contributed by atoms with van der Waals surface area (Å²) in [5.41, 5.74) is 0. The molecule has 0 aromatic carbocycles. The number of allylic oxidation sites excluding steroid dienone is 1. The highest BCUT2D eigenvalue weighted by molar-refractivity contribution is 6.60. The molecule has 0 atom stereocenters. The number of unbranched alkanes of at least 4 members (excludes halogenated alkanes) is 3. The monoisotopic (exact) mass is 302 g/mol. The largest absolute Gasteiger partial charge is 0.501 e. The summed E-state index contributed by atoms with van der Waals surface area (Å²) in [5, 5.41) is 0. The van der Waals surface area contributed by atoms with Crippen molar-refractivity contribution in [2.75, 3.05) is 19.8 Å². The molecular formula is C16H34O3Si. The van der Waals surface area contributed by atoms with E-state index in [9.17, 15) is 0 Å². The van der Waals surface area contributed by atoms with Crippen molar-refractivity contribution in [3.8, 4) is 0 Å². The molecule has 0 amide bonds. The molecule has 0 bridgehead atoms. The molecular weight excluding hydrogens is 268 g/mol. The fourth-order valence-electron chi connectivity index (χ4n) is 1.74. The van der Waals surface area contributed by atoms with Crippen molar-refractivity contribution in [1.82, 2.24) is 0 Å². The van der Waals surface area contributed by atoms with E-state index in [2.05, 4.69) is 27.4 Å². The quantitative estimate of drug-likeness (QED) is 0.243. The van der Waals surface area contributed by atoms with Crippen LogP contribution in [0.1, 0.15) is 65.7 Å². The molecule has 0 saturated heterocycles. The van der Waals surface area contributed by atoms with Crippen molar-refractivity contribution in [3.05, 3.63) is 12.7 Å². The first-order chi connectivity index (χ1) is 9.74. The normalized spacial score (nSPS) is 11.8. The maximum Gasteiger partial charge on any atom is 0.501 e. The van der Waals surface area contributed by atoms with E-state index >= 15 is 0 Å². The fourth-order valence-corrected chi connectivity index (χ4v) is 4.34. The lowest BCUT2D eigenvalue weighted by molar-refractivity contribution is 0.0565. The maximum atomic E-state index is 6.11. The van der Waals surface area contributed by atoms with E-state index in [4.69, 9.17) is 13.3 Å². The van der Waals surface area contributed by atoms with E-state index in [0.717, 1.165) is 70.8 Å². The summed E-state index contributed by atoms with van der Waals surface area (Å²) in [7, 11) is -2.50. The Balaban J connectivity index is 4.51. The summed E-state index contributed by atoms with van der Waals surface area (Å²) in [6.07, 6.45) is 9.43. The maximum absolute atomic E-state index is 6.11. The van der Waals surface area contributed by atoms with Gasteiger partial charge in [-0.25, -0.2) is 0 Å². The van der Waals surface area contributed by atoms with Crippen LogP contribution in [-0.4, -0.2) is 28.6 Å². The molecule has 0 heterocycles. The minimum atomic E-state index is -2.50. The van der Waals surface area contributed by atoms with Crippen LogP contribution in [0.4, 0.5) is 0 Å². The molecule has 0 aromatic heterocycles. The molecule has 3 nitrogen and oxygen atoms in total.